The third-order valence-electron chi connectivity index (χ3n) is 2.58. The Morgan fingerprint density at radius 3 is 2.70 bits per heavy atom. The van der Waals surface area contributed by atoms with Gasteiger partial charge in [-0.25, -0.2) is 4.39 Å². The highest BCUT2D eigenvalue weighted by Crippen LogP contribution is 2.32. The number of benzene rings is 1. The largest absolute Gasteiger partial charge is 0.490 e. The van der Waals surface area contributed by atoms with Gasteiger partial charge in [-0.2, -0.15) is 0 Å². The van der Waals surface area contributed by atoms with Crippen LogP contribution in [0.2, 0.25) is 0 Å². The normalized spacial score (nSPS) is 11.6. The van der Waals surface area contributed by atoms with Crippen LogP contribution in [-0.2, 0) is 4.79 Å². The molecule has 0 aliphatic rings. The summed E-state index contributed by atoms with van der Waals surface area (Å²) < 4.78 is 18.6. The lowest BCUT2D eigenvalue weighted by Crippen LogP contribution is -2.37. The lowest BCUT2D eigenvalue weighted by atomic mass is 10.2. The predicted octanol–water partition coefficient (Wildman–Crippen LogP) is 1.68. The summed E-state index contributed by atoms with van der Waals surface area (Å²) in [6, 6.07) is 1.23. The van der Waals surface area contributed by atoms with Crippen molar-refractivity contribution in [2.24, 2.45) is 0 Å². The molecule has 1 rings (SSSR count). The monoisotopic (exact) mass is 285 g/mol. The maximum absolute atomic E-state index is 13.8. The maximum atomic E-state index is 13.8. The summed E-state index contributed by atoms with van der Waals surface area (Å²) >= 11 is 0. The summed E-state index contributed by atoms with van der Waals surface area (Å²) in [6.07, 6.45) is 0. The fraction of sp³-hybridized carbons (Fsp3) is 0.417. The van der Waals surface area contributed by atoms with Crippen LogP contribution in [0.3, 0.4) is 0 Å². The van der Waals surface area contributed by atoms with E-state index < -0.39 is 22.5 Å². The van der Waals surface area contributed by atoms with Crippen LogP contribution in [0, 0.1) is 15.9 Å². The van der Waals surface area contributed by atoms with Crippen molar-refractivity contribution >= 4 is 17.3 Å². The number of nitrogens with one attached hydrogen (secondary N) is 2. The van der Waals surface area contributed by atoms with Crippen molar-refractivity contribution < 1.29 is 18.8 Å². The fourth-order valence-corrected chi connectivity index (χ4v) is 1.59. The highest BCUT2D eigenvalue weighted by molar-refractivity contribution is 5.84. The van der Waals surface area contributed by atoms with Gasteiger partial charge in [-0.05, 0) is 13.8 Å². The van der Waals surface area contributed by atoms with Crippen LogP contribution in [-0.4, -0.2) is 30.5 Å². The van der Waals surface area contributed by atoms with Crippen molar-refractivity contribution in [2.45, 2.75) is 19.9 Å². The summed E-state index contributed by atoms with van der Waals surface area (Å²) in [6.45, 7) is 3.77. The van der Waals surface area contributed by atoms with E-state index in [9.17, 15) is 19.3 Å². The standard InChI is InChI=1S/C12H16FN3O4/c1-4-14-12(17)7(2)15-9-6-11(20-3)10(16(18)19)5-8(9)13/h5-7,15H,4H2,1-3H3,(H,14,17). The molecular formula is C12H16FN3O4. The van der Waals surface area contributed by atoms with E-state index in [2.05, 4.69) is 10.6 Å². The molecule has 110 valence electrons. The van der Waals surface area contributed by atoms with E-state index in [0.717, 1.165) is 12.1 Å². The van der Waals surface area contributed by atoms with Gasteiger partial charge in [0.05, 0.1) is 23.8 Å². The summed E-state index contributed by atoms with van der Waals surface area (Å²) in [5.41, 5.74) is -0.507. The molecule has 0 aliphatic heterocycles. The second-order valence-corrected chi connectivity index (χ2v) is 4.02. The average Bonchev–Trinajstić information content (AvgIpc) is 2.40. The van der Waals surface area contributed by atoms with Crippen molar-refractivity contribution in [1.82, 2.24) is 5.32 Å². The smallest absolute Gasteiger partial charge is 0.313 e. The van der Waals surface area contributed by atoms with E-state index in [-0.39, 0.29) is 17.3 Å². The van der Waals surface area contributed by atoms with Gasteiger partial charge in [0.25, 0.3) is 0 Å². The van der Waals surface area contributed by atoms with Crippen LogP contribution in [0.15, 0.2) is 12.1 Å². The molecule has 0 fully saturated rings. The van der Waals surface area contributed by atoms with Crippen LogP contribution in [0.5, 0.6) is 5.75 Å². The van der Waals surface area contributed by atoms with Crippen molar-refractivity contribution in [3.63, 3.8) is 0 Å². The number of carbonyl (C=O) groups excluding carboxylic acids is 1. The lowest BCUT2D eigenvalue weighted by Gasteiger charge is -2.15. The number of hydrogen-bond donors (Lipinski definition) is 2. The van der Waals surface area contributed by atoms with Gasteiger partial charge in [0.15, 0.2) is 11.6 Å². The minimum absolute atomic E-state index is 0.0359. The number of nitrogens with zero attached hydrogens (tertiary/aromatic N) is 1. The Bertz CT molecular complexity index is 522. The van der Waals surface area contributed by atoms with Crippen molar-refractivity contribution in [1.29, 1.82) is 0 Å². The molecule has 0 saturated heterocycles. The Labute approximate surface area is 115 Å². The molecule has 0 aliphatic carbocycles. The van der Waals surface area contributed by atoms with Crippen molar-refractivity contribution in [2.75, 3.05) is 19.0 Å². The van der Waals surface area contributed by atoms with Crippen LogP contribution in [0.25, 0.3) is 0 Å². The summed E-state index contributed by atoms with van der Waals surface area (Å²) in [5.74, 6) is -1.21. The third-order valence-corrected chi connectivity index (χ3v) is 2.58. The van der Waals surface area contributed by atoms with Gasteiger partial charge in [0.1, 0.15) is 6.04 Å². The lowest BCUT2D eigenvalue weighted by molar-refractivity contribution is -0.385. The molecule has 1 aromatic rings. The van der Waals surface area contributed by atoms with E-state index in [1.807, 2.05) is 0 Å². The topological polar surface area (TPSA) is 93.5 Å². The van der Waals surface area contributed by atoms with Gasteiger partial charge in [0, 0.05) is 12.6 Å². The second kappa shape index (κ2) is 6.69. The van der Waals surface area contributed by atoms with Gasteiger partial charge in [0.2, 0.25) is 5.91 Å². The van der Waals surface area contributed by atoms with Gasteiger partial charge in [-0.15, -0.1) is 0 Å². The molecule has 20 heavy (non-hydrogen) atoms. The summed E-state index contributed by atoms with van der Waals surface area (Å²) in [5, 5.41) is 16.0. The number of carbonyl (C=O) groups is 1. The molecule has 0 heterocycles. The van der Waals surface area contributed by atoms with Crippen LogP contribution >= 0.6 is 0 Å². The number of hydrogen-bond acceptors (Lipinski definition) is 5. The Morgan fingerprint density at radius 1 is 1.55 bits per heavy atom. The number of methoxy groups -OCH3 is 1. The number of likely N-dealkylation sites (N-methyl/N-ethyl adjacent to an activating group) is 1. The summed E-state index contributed by atoms with van der Waals surface area (Å²) in [4.78, 5) is 21.5. The molecule has 7 nitrogen and oxygen atoms in total. The third kappa shape index (κ3) is 3.56. The minimum atomic E-state index is -0.825. The first kappa shape index (κ1) is 15.7. The molecule has 0 bridgehead atoms. The van der Waals surface area contributed by atoms with Gasteiger partial charge >= 0.3 is 5.69 Å². The van der Waals surface area contributed by atoms with Crippen molar-refractivity contribution in [3.8, 4) is 5.75 Å². The molecule has 0 saturated carbocycles. The first-order chi connectivity index (χ1) is 9.40. The van der Waals surface area contributed by atoms with E-state index in [1.165, 1.54) is 7.11 Å². The molecule has 0 aromatic heterocycles. The molecule has 0 spiro atoms. The number of amides is 1. The molecule has 1 unspecified atom stereocenters. The zero-order valence-corrected chi connectivity index (χ0v) is 11.4. The van der Waals surface area contributed by atoms with Gasteiger partial charge in [-0.1, -0.05) is 0 Å². The molecule has 8 heteroatoms. The Hall–Kier alpha value is -2.38. The number of ether oxygens (including phenoxy) is 1. The number of nitro benzene ring substituents is 1. The average molecular weight is 285 g/mol. The fourth-order valence-electron chi connectivity index (χ4n) is 1.59. The maximum Gasteiger partial charge on any atom is 0.313 e. The SMILES string of the molecule is CCNC(=O)C(C)Nc1cc(OC)c([N+](=O)[O-])cc1F. The van der Waals surface area contributed by atoms with Crippen LogP contribution < -0.4 is 15.4 Å². The molecular weight excluding hydrogens is 269 g/mol. The Morgan fingerprint density at radius 2 is 2.20 bits per heavy atom. The molecule has 1 amide bonds. The number of halogens is 1. The zero-order chi connectivity index (χ0) is 15.3. The van der Waals surface area contributed by atoms with Gasteiger partial charge in [-0.3, -0.25) is 14.9 Å². The van der Waals surface area contributed by atoms with E-state index in [1.54, 1.807) is 13.8 Å². The quantitative estimate of drug-likeness (QED) is 0.612. The molecule has 1 aromatic carbocycles. The first-order valence-corrected chi connectivity index (χ1v) is 5.96. The first-order valence-electron chi connectivity index (χ1n) is 5.96. The number of anilines is 1. The number of rotatable bonds is 6. The van der Waals surface area contributed by atoms with Crippen LogP contribution in [0.1, 0.15) is 13.8 Å². The number of nitro groups is 1. The zero-order valence-electron chi connectivity index (χ0n) is 11.4. The second-order valence-electron chi connectivity index (χ2n) is 4.02. The van der Waals surface area contributed by atoms with Crippen LogP contribution in [0.4, 0.5) is 15.8 Å². The highest BCUT2D eigenvalue weighted by Gasteiger charge is 2.21. The van der Waals surface area contributed by atoms with Crippen molar-refractivity contribution in [3.05, 3.63) is 28.1 Å². The minimum Gasteiger partial charge on any atom is -0.490 e. The predicted molar refractivity (Wildman–Crippen MR) is 71.4 cm³/mol. The molecule has 0 radical (unpaired) electrons. The van der Waals surface area contributed by atoms with E-state index >= 15 is 0 Å². The Kier molecular flexibility index (Phi) is 5.24. The van der Waals surface area contributed by atoms with Gasteiger partial charge < -0.3 is 15.4 Å². The summed E-state index contributed by atoms with van der Waals surface area (Å²) in [7, 11) is 1.25. The highest BCUT2D eigenvalue weighted by atomic mass is 19.1. The molecule has 1 atom stereocenters. The Balaban J connectivity index is 3.02. The van der Waals surface area contributed by atoms with E-state index in [4.69, 9.17) is 4.74 Å². The molecule has 2 N–H and O–H groups in total. The van der Waals surface area contributed by atoms with E-state index in [0.29, 0.717) is 6.54 Å².